The molecule has 2 aromatic heterocycles. The smallest absolute Gasteiger partial charge is 0.312 e. The van der Waals surface area contributed by atoms with Crippen LogP contribution in [0.15, 0.2) is 42.5 Å². The molecule has 0 radical (unpaired) electrons. The Morgan fingerprint density at radius 3 is 2.56 bits per heavy atom. The standard InChI is InChI=1S/C21H24FN5O4S/c1-4-15-16(25-32(3,29)30)10-11-17(23-15)21-18(27(2)26-24-21)12-20(28)31-19(13-22)14-8-6-5-7-9-14/h5-11,19,25H,4,12-13H2,1-3H3/t19-/m1/s1. The van der Waals surface area contributed by atoms with Crippen molar-refractivity contribution in [3.8, 4) is 11.4 Å². The van der Waals surface area contributed by atoms with Crippen molar-refractivity contribution in [1.82, 2.24) is 20.0 Å². The Labute approximate surface area is 185 Å². The molecule has 0 amide bonds. The van der Waals surface area contributed by atoms with E-state index in [1.54, 1.807) is 49.5 Å². The summed E-state index contributed by atoms with van der Waals surface area (Å²) < 4.78 is 45.8. The molecule has 0 aliphatic rings. The number of rotatable bonds is 9. The Bertz CT molecular complexity index is 1200. The highest BCUT2D eigenvalue weighted by molar-refractivity contribution is 7.92. The van der Waals surface area contributed by atoms with E-state index in [0.717, 1.165) is 6.26 Å². The van der Waals surface area contributed by atoms with E-state index in [-0.39, 0.29) is 6.42 Å². The third-order valence-electron chi connectivity index (χ3n) is 4.69. The number of hydrogen-bond acceptors (Lipinski definition) is 7. The minimum atomic E-state index is -3.46. The molecule has 0 spiro atoms. The molecule has 0 bridgehead atoms. The summed E-state index contributed by atoms with van der Waals surface area (Å²) in [6, 6.07) is 11.9. The van der Waals surface area contributed by atoms with Gasteiger partial charge in [0.1, 0.15) is 12.4 Å². The van der Waals surface area contributed by atoms with E-state index in [9.17, 15) is 17.6 Å². The zero-order valence-electron chi connectivity index (χ0n) is 17.9. The summed E-state index contributed by atoms with van der Waals surface area (Å²) in [5, 5.41) is 8.08. The summed E-state index contributed by atoms with van der Waals surface area (Å²) in [7, 11) is -1.83. The lowest BCUT2D eigenvalue weighted by Gasteiger charge is -2.15. The molecule has 3 aromatic rings. The predicted octanol–water partition coefficient (Wildman–Crippen LogP) is 2.61. The van der Waals surface area contributed by atoms with E-state index in [1.807, 2.05) is 6.92 Å². The first kappa shape index (κ1) is 23.3. The second-order valence-corrected chi connectivity index (χ2v) is 8.90. The fourth-order valence-corrected chi connectivity index (χ4v) is 3.75. The fraction of sp³-hybridized carbons (Fsp3) is 0.333. The molecule has 32 heavy (non-hydrogen) atoms. The number of carbonyl (C=O) groups excluding carboxylic acids is 1. The predicted molar refractivity (Wildman–Crippen MR) is 117 cm³/mol. The first-order chi connectivity index (χ1) is 15.2. The second kappa shape index (κ2) is 9.86. The molecule has 0 aliphatic heterocycles. The topological polar surface area (TPSA) is 116 Å². The van der Waals surface area contributed by atoms with Gasteiger partial charge in [0.05, 0.1) is 35.4 Å². The van der Waals surface area contributed by atoms with E-state index in [4.69, 9.17) is 4.74 Å². The molecule has 0 saturated carbocycles. The average molecular weight is 462 g/mol. The van der Waals surface area contributed by atoms with Crippen molar-refractivity contribution in [2.75, 3.05) is 17.7 Å². The maximum Gasteiger partial charge on any atom is 0.312 e. The van der Waals surface area contributed by atoms with E-state index in [0.29, 0.717) is 40.4 Å². The van der Waals surface area contributed by atoms with E-state index >= 15 is 0 Å². The van der Waals surface area contributed by atoms with Crippen molar-refractivity contribution >= 4 is 21.7 Å². The molecule has 9 nitrogen and oxygen atoms in total. The molecular weight excluding hydrogens is 437 g/mol. The quantitative estimate of drug-likeness (QED) is 0.487. The molecule has 1 atom stereocenters. The third-order valence-corrected chi connectivity index (χ3v) is 5.28. The summed E-state index contributed by atoms with van der Waals surface area (Å²) in [4.78, 5) is 17.1. The Morgan fingerprint density at radius 1 is 1.22 bits per heavy atom. The first-order valence-electron chi connectivity index (χ1n) is 9.88. The van der Waals surface area contributed by atoms with Gasteiger partial charge in [-0.2, -0.15) is 0 Å². The van der Waals surface area contributed by atoms with Crippen LogP contribution in [0.1, 0.15) is 30.0 Å². The lowest BCUT2D eigenvalue weighted by atomic mass is 10.1. The van der Waals surface area contributed by atoms with Crippen molar-refractivity contribution in [3.63, 3.8) is 0 Å². The SMILES string of the molecule is CCc1nc(-c2nnn(C)c2CC(=O)O[C@H](CF)c2ccccc2)ccc1NS(C)(=O)=O. The molecule has 0 saturated heterocycles. The van der Waals surface area contributed by atoms with Crippen LogP contribution in [0.3, 0.4) is 0 Å². The van der Waals surface area contributed by atoms with Gasteiger partial charge >= 0.3 is 5.97 Å². The van der Waals surface area contributed by atoms with E-state index < -0.39 is 28.8 Å². The monoisotopic (exact) mass is 461 g/mol. The van der Waals surface area contributed by atoms with Gasteiger partial charge in [-0.05, 0) is 24.1 Å². The summed E-state index contributed by atoms with van der Waals surface area (Å²) in [6.07, 6.45) is 0.347. The van der Waals surface area contributed by atoms with Crippen LogP contribution in [0.5, 0.6) is 0 Å². The lowest BCUT2D eigenvalue weighted by molar-refractivity contribution is -0.149. The normalized spacial score (nSPS) is 12.4. The van der Waals surface area contributed by atoms with Gasteiger partial charge in [0.25, 0.3) is 0 Å². The number of aromatic nitrogens is 4. The molecule has 3 rings (SSSR count). The number of hydrogen-bond donors (Lipinski definition) is 1. The maximum atomic E-state index is 13.5. The van der Waals surface area contributed by atoms with E-state index in [1.165, 1.54) is 4.68 Å². The Morgan fingerprint density at radius 2 is 1.94 bits per heavy atom. The van der Waals surface area contributed by atoms with Crippen molar-refractivity contribution in [2.45, 2.75) is 25.9 Å². The van der Waals surface area contributed by atoms with Gasteiger partial charge in [-0.1, -0.05) is 42.5 Å². The molecule has 11 heteroatoms. The van der Waals surface area contributed by atoms with Crippen LogP contribution < -0.4 is 4.72 Å². The summed E-state index contributed by atoms with van der Waals surface area (Å²) in [5.74, 6) is -0.630. The number of alkyl halides is 1. The third kappa shape index (κ3) is 5.67. The number of benzene rings is 1. The van der Waals surface area contributed by atoms with Gasteiger partial charge in [0, 0.05) is 7.05 Å². The summed E-state index contributed by atoms with van der Waals surface area (Å²) in [5.41, 5.74) is 2.70. The number of esters is 1. The van der Waals surface area contributed by atoms with Gasteiger partial charge in [0.15, 0.2) is 6.10 Å². The number of sulfonamides is 1. The number of pyridine rings is 1. The number of nitrogens with one attached hydrogen (secondary N) is 1. The highest BCUT2D eigenvalue weighted by atomic mass is 32.2. The number of nitrogens with zero attached hydrogens (tertiary/aromatic N) is 4. The fourth-order valence-electron chi connectivity index (χ4n) is 3.16. The summed E-state index contributed by atoms with van der Waals surface area (Å²) >= 11 is 0. The molecule has 0 fully saturated rings. The van der Waals surface area contributed by atoms with Gasteiger partial charge < -0.3 is 4.74 Å². The van der Waals surface area contributed by atoms with Crippen LogP contribution in [-0.4, -0.2) is 47.3 Å². The largest absolute Gasteiger partial charge is 0.454 e. The zero-order valence-corrected chi connectivity index (χ0v) is 18.8. The van der Waals surface area contributed by atoms with Crippen LogP contribution in [0.25, 0.3) is 11.4 Å². The highest BCUT2D eigenvalue weighted by Crippen LogP contribution is 2.25. The van der Waals surface area contributed by atoms with Crippen LogP contribution >= 0.6 is 0 Å². The van der Waals surface area contributed by atoms with Gasteiger partial charge in [0.2, 0.25) is 10.0 Å². The van der Waals surface area contributed by atoms with Crippen molar-refractivity contribution < 1.29 is 22.3 Å². The molecule has 1 N–H and O–H groups in total. The minimum absolute atomic E-state index is 0.186. The van der Waals surface area contributed by atoms with Gasteiger partial charge in [-0.25, -0.2) is 17.8 Å². The number of ether oxygens (including phenoxy) is 1. The first-order valence-corrected chi connectivity index (χ1v) is 11.8. The molecule has 170 valence electrons. The van der Waals surface area contributed by atoms with Gasteiger partial charge in [-0.15, -0.1) is 5.10 Å². The Balaban J connectivity index is 1.84. The highest BCUT2D eigenvalue weighted by Gasteiger charge is 2.22. The van der Waals surface area contributed by atoms with Crippen LogP contribution in [-0.2, 0) is 39.4 Å². The number of aryl methyl sites for hydroxylation is 2. The van der Waals surface area contributed by atoms with E-state index in [2.05, 4.69) is 20.0 Å². The minimum Gasteiger partial charge on any atom is -0.454 e. The number of anilines is 1. The number of carbonyl (C=O) groups is 1. The molecule has 0 unspecified atom stereocenters. The van der Waals surface area contributed by atoms with Crippen LogP contribution in [0, 0.1) is 0 Å². The molecule has 0 aliphatic carbocycles. The number of halogens is 1. The Hall–Kier alpha value is -3.34. The molecular formula is C21H24FN5O4S. The van der Waals surface area contributed by atoms with Crippen molar-refractivity contribution in [3.05, 3.63) is 59.4 Å². The maximum absolute atomic E-state index is 13.5. The molecule has 2 heterocycles. The van der Waals surface area contributed by atoms with Crippen LogP contribution in [0.4, 0.5) is 10.1 Å². The van der Waals surface area contributed by atoms with Crippen molar-refractivity contribution in [2.24, 2.45) is 7.05 Å². The lowest BCUT2D eigenvalue weighted by Crippen LogP contribution is -2.17. The summed E-state index contributed by atoms with van der Waals surface area (Å²) in [6.45, 7) is 0.998. The zero-order chi connectivity index (χ0) is 23.3. The van der Waals surface area contributed by atoms with Crippen LogP contribution in [0.2, 0.25) is 0 Å². The second-order valence-electron chi connectivity index (χ2n) is 7.15. The van der Waals surface area contributed by atoms with Crippen molar-refractivity contribution in [1.29, 1.82) is 0 Å². The van der Waals surface area contributed by atoms with Gasteiger partial charge in [-0.3, -0.25) is 14.2 Å². The molecule has 1 aromatic carbocycles. The average Bonchev–Trinajstić information content (AvgIpc) is 3.12. The Kier molecular flexibility index (Phi) is 7.18.